The van der Waals surface area contributed by atoms with Gasteiger partial charge < -0.3 is 5.32 Å². The van der Waals surface area contributed by atoms with E-state index in [0.29, 0.717) is 6.54 Å². The standard InChI is InChI=1S/C10H23N3O2S/c1-9(2)13-16(14,15)12-8-10(3)5-4-6-11-7-10/h9,11-13H,4-8H2,1-3H3. The van der Waals surface area contributed by atoms with Crippen molar-refractivity contribution < 1.29 is 8.42 Å². The first-order valence-corrected chi connectivity index (χ1v) is 7.29. The third-order valence-corrected chi connectivity index (χ3v) is 4.07. The molecule has 1 heterocycles. The topological polar surface area (TPSA) is 70.2 Å². The van der Waals surface area contributed by atoms with Crippen LogP contribution in [0.3, 0.4) is 0 Å². The zero-order valence-corrected chi connectivity index (χ0v) is 11.2. The molecule has 1 aliphatic heterocycles. The van der Waals surface area contributed by atoms with Crippen molar-refractivity contribution in [2.45, 2.75) is 39.7 Å². The summed E-state index contributed by atoms with van der Waals surface area (Å²) in [7, 11) is -3.35. The molecule has 0 bridgehead atoms. The molecule has 5 nitrogen and oxygen atoms in total. The summed E-state index contributed by atoms with van der Waals surface area (Å²) in [5.41, 5.74) is 0.0317. The molecule has 6 heteroatoms. The summed E-state index contributed by atoms with van der Waals surface area (Å²) in [6.45, 7) is 8.12. The van der Waals surface area contributed by atoms with Gasteiger partial charge in [0.1, 0.15) is 0 Å². The summed E-state index contributed by atoms with van der Waals surface area (Å²) in [5, 5.41) is 3.30. The Bertz CT molecular complexity index is 308. The highest BCUT2D eigenvalue weighted by molar-refractivity contribution is 7.87. The highest BCUT2D eigenvalue weighted by Crippen LogP contribution is 2.24. The molecule has 0 aromatic rings. The first-order valence-electron chi connectivity index (χ1n) is 5.81. The molecule has 96 valence electrons. The zero-order chi connectivity index (χ0) is 12.2. The molecule has 1 aliphatic rings. The van der Waals surface area contributed by atoms with Crippen LogP contribution < -0.4 is 14.8 Å². The van der Waals surface area contributed by atoms with Crippen LogP contribution in [0.5, 0.6) is 0 Å². The van der Waals surface area contributed by atoms with Crippen molar-refractivity contribution in [2.24, 2.45) is 5.41 Å². The van der Waals surface area contributed by atoms with E-state index in [1.807, 2.05) is 13.8 Å². The van der Waals surface area contributed by atoms with Crippen molar-refractivity contribution in [3.8, 4) is 0 Å². The zero-order valence-electron chi connectivity index (χ0n) is 10.3. The highest BCUT2D eigenvalue weighted by atomic mass is 32.2. The molecule has 0 radical (unpaired) electrons. The Balaban J connectivity index is 2.43. The molecule has 0 aromatic heterocycles. The second-order valence-corrected chi connectivity index (χ2v) is 6.72. The van der Waals surface area contributed by atoms with Crippen LogP contribution >= 0.6 is 0 Å². The second-order valence-electron chi connectivity index (χ2n) is 5.19. The van der Waals surface area contributed by atoms with E-state index in [1.54, 1.807) is 0 Å². The van der Waals surface area contributed by atoms with E-state index in [9.17, 15) is 8.42 Å². The maximum Gasteiger partial charge on any atom is 0.277 e. The molecule has 16 heavy (non-hydrogen) atoms. The molecule has 1 fully saturated rings. The Morgan fingerprint density at radius 2 is 2.12 bits per heavy atom. The Morgan fingerprint density at radius 1 is 1.44 bits per heavy atom. The van der Waals surface area contributed by atoms with E-state index in [2.05, 4.69) is 21.7 Å². The maximum absolute atomic E-state index is 11.6. The van der Waals surface area contributed by atoms with Crippen molar-refractivity contribution in [3.05, 3.63) is 0 Å². The van der Waals surface area contributed by atoms with E-state index in [4.69, 9.17) is 0 Å². The van der Waals surface area contributed by atoms with Gasteiger partial charge in [-0.1, -0.05) is 6.92 Å². The first kappa shape index (κ1) is 13.9. The molecule has 0 aromatic carbocycles. The molecule has 1 rings (SSSR count). The normalized spacial score (nSPS) is 27.2. The smallest absolute Gasteiger partial charge is 0.277 e. The summed E-state index contributed by atoms with van der Waals surface area (Å²) in [5.74, 6) is 0. The van der Waals surface area contributed by atoms with E-state index < -0.39 is 10.2 Å². The van der Waals surface area contributed by atoms with Crippen molar-refractivity contribution in [1.29, 1.82) is 0 Å². The van der Waals surface area contributed by atoms with Crippen LogP contribution in [0.2, 0.25) is 0 Å². The van der Waals surface area contributed by atoms with Crippen molar-refractivity contribution >= 4 is 10.2 Å². The third-order valence-electron chi connectivity index (χ3n) is 2.77. The van der Waals surface area contributed by atoms with Crippen molar-refractivity contribution in [2.75, 3.05) is 19.6 Å². The van der Waals surface area contributed by atoms with Crippen LogP contribution in [0, 0.1) is 5.41 Å². The summed E-state index contributed by atoms with van der Waals surface area (Å²) < 4.78 is 28.3. The largest absolute Gasteiger partial charge is 0.316 e. The monoisotopic (exact) mass is 249 g/mol. The van der Waals surface area contributed by atoms with Crippen molar-refractivity contribution in [3.63, 3.8) is 0 Å². The van der Waals surface area contributed by atoms with E-state index in [-0.39, 0.29) is 11.5 Å². The average Bonchev–Trinajstić information content (AvgIpc) is 2.15. The number of hydrogen-bond donors (Lipinski definition) is 3. The Kier molecular flexibility index (Phi) is 4.73. The quantitative estimate of drug-likeness (QED) is 0.652. The number of piperidine rings is 1. The molecule has 3 N–H and O–H groups in total. The lowest BCUT2D eigenvalue weighted by atomic mass is 9.83. The van der Waals surface area contributed by atoms with Gasteiger partial charge in [-0.25, -0.2) is 4.72 Å². The van der Waals surface area contributed by atoms with Gasteiger partial charge in [-0.3, -0.25) is 0 Å². The molecule has 0 spiro atoms. The summed E-state index contributed by atoms with van der Waals surface area (Å²) in [6.07, 6.45) is 2.17. The Hall–Kier alpha value is -0.170. The van der Waals surface area contributed by atoms with Gasteiger partial charge in [0, 0.05) is 19.1 Å². The third kappa shape index (κ3) is 4.78. The minimum Gasteiger partial charge on any atom is -0.316 e. The molecule has 1 atom stereocenters. The summed E-state index contributed by atoms with van der Waals surface area (Å²) in [4.78, 5) is 0. The number of hydrogen-bond acceptors (Lipinski definition) is 3. The van der Waals surface area contributed by atoms with Crippen LogP contribution in [0.1, 0.15) is 33.6 Å². The van der Waals surface area contributed by atoms with E-state index >= 15 is 0 Å². The maximum atomic E-state index is 11.6. The fraction of sp³-hybridized carbons (Fsp3) is 1.00. The molecule has 1 saturated heterocycles. The molecular weight excluding hydrogens is 226 g/mol. The van der Waals surface area contributed by atoms with Crippen molar-refractivity contribution in [1.82, 2.24) is 14.8 Å². The average molecular weight is 249 g/mol. The van der Waals surface area contributed by atoms with Gasteiger partial charge in [0.05, 0.1) is 0 Å². The lowest BCUT2D eigenvalue weighted by molar-refractivity contribution is 0.238. The van der Waals surface area contributed by atoms with Crippen LogP contribution in [-0.4, -0.2) is 34.1 Å². The van der Waals surface area contributed by atoms with Crippen LogP contribution in [0.4, 0.5) is 0 Å². The van der Waals surface area contributed by atoms with E-state index in [0.717, 1.165) is 25.9 Å². The van der Waals surface area contributed by atoms with Gasteiger partial charge in [-0.15, -0.1) is 0 Å². The van der Waals surface area contributed by atoms with Gasteiger partial charge in [0.15, 0.2) is 0 Å². The second kappa shape index (κ2) is 5.44. The SMILES string of the molecule is CC(C)NS(=O)(=O)NCC1(C)CCCNC1. The number of rotatable bonds is 5. The van der Waals surface area contributed by atoms with Gasteiger partial charge in [-0.05, 0) is 38.6 Å². The minimum absolute atomic E-state index is 0.0317. The molecular formula is C10H23N3O2S. The van der Waals surface area contributed by atoms with Gasteiger partial charge in [0.2, 0.25) is 0 Å². The predicted molar refractivity (Wildman–Crippen MR) is 65.4 cm³/mol. The van der Waals surface area contributed by atoms with Crippen LogP contribution in [0.15, 0.2) is 0 Å². The molecule has 0 saturated carbocycles. The lowest BCUT2D eigenvalue weighted by Crippen LogP contribution is -2.49. The van der Waals surface area contributed by atoms with Crippen LogP contribution in [0.25, 0.3) is 0 Å². The fourth-order valence-electron chi connectivity index (χ4n) is 1.89. The molecule has 0 aliphatic carbocycles. The molecule has 1 unspecified atom stereocenters. The van der Waals surface area contributed by atoms with Crippen LogP contribution in [-0.2, 0) is 10.2 Å². The van der Waals surface area contributed by atoms with Gasteiger partial charge >= 0.3 is 0 Å². The first-order chi connectivity index (χ1) is 7.33. The Labute approximate surface area is 98.6 Å². The summed E-state index contributed by atoms with van der Waals surface area (Å²) >= 11 is 0. The fourth-order valence-corrected chi connectivity index (χ4v) is 3.13. The summed E-state index contributed by atoms with van der Waals surface area (Å²) in [6, 6.07) is -0.0743. The Morgan fingerprint density at radius 3 is 2.62 bits per heavy atom. The lowest BCUT2D eigenvalue weighted by Gasteiger charge is -2.34. The number of nitrogens with one attached hydrogen (secondary N) is 3. The highest BCUT2D eigenvalue weighted by Gasteiger charge is 2.28. The molecule has 0 amide bonds. The predicted octanol–water partition coefficient (Wildman–Crippen LogP) is 0.209. The minimum atomic E-state index is -3.35. The van der Waals surface area contributed by atoms with E-state index in [1.165, 1.54) is 0 Å². The van der Waals surface area contributed by atoms with Gasteiger partial charge in [-0.2, -0.15) is 13.1 Å². The van der Waals surface area contributed by atoms with Gasteiger partial charge in [0.25, 0.3) is 10.2 Å².